The molecule has 1 amide bonds. The molecule has 0 fully saturated rings. The second-order valence-electron chi connectivity index (χ2n) is 4.79. The van der Waals surface area contributed by atoms with Crippen molar-refractivity contribution in [1.29, 1.82) is 0 Å². The fourth-order valence-corrected chi connectivity index (χ4v) is 2.82. The lowest BCUT2D eigenvalue weighted by Gasteiger charge is -2.12. The maximum absolute atomic E-state index is 12.2. The lowest BCUT2D eigenvalue weighted by Crippen LogP contribution is -2.27. The number of amides is 1. The molecular formula is C15H20N4OS. The van der Waals surface area contributed by atoms with Gasteiger partial charge >= 0.3 is 0 Å². The number of rotatable bonds is 6. The number of hydrogen-bond acceptors (Lipinski definition) is 5. The molecule has 0 aliphatic carbocycles. The van der Waals surface area contributed by atoms with Crippen LogP contribution in [0.1, 0.15) is 35.0 Å². The highest BCUT2D eigenvalue weighted by Gasteiger charge is 2.16. The number of benzene rings is 1. The zero-order valence-electron chi connectivity index (χ0n) is 12.2. The standard InChI is InChI=1S/C15H20N4OS/c1-3-17-15-19-13(16)12(21-15)14(20)18-9-10(2)11-7-5-4-6-8-11/h4-8,10H,3,9,16H2,1-2H3,(H,17,19)(H,18,20). The molecule has 112 valence electrons. The van der Waals surface area contributed by atoms with Crippen molar-refractivity contribution < 1.29 is 4.79 Å². The van der Waals surface area contributed by atoms with Crippen molar-refractivity contribution >= 4 is 28.2 Å². The fourth-order valence-electron chi connectivity index (χ4n) is 1.95. The number of thiazole rings is 1. The van der Waals surface area contributed by atoms with Crippen LogP contribution in [0.2, 0.25) is 0 Å². The summed E-state index contributed by atoms with van der Waals surface area (Å²) in [6.45, 7) is 5.37. The molecule has 4 N–H and O–H groups in total. The van der Waals surface area contributed by atoms with Crippen LogP contribution in [0.4, 0.5) is 10.9 Å². The SMILES string of the molecule is CCNc1nc(N)c(C(=O)NCC(C)c2ccccc2)s1. The highest BCUT2D eigenvalue weighted by atomic mass is 32.1. The largest absolute Gasteiger partial charge is 0.382 e. The first-order chi connectivity index (χ1) is 10.1. The van der Waals surface area contributed by atoms with Crippen LogP contribution >= 0.6 is 11.3 Å². The minimum Gasteiger partial charge on any atom is -0.382 e. The first-order valence-electron chi connectivity index (χ1n) is 6.95. The Morgan fingerprint density at radius 1 is 1.38 bits per heavy atom. The number of nitrogens with zero attached hydrogens (tertiary/aromatic N) is 1. The van der Waals surface area contributed by atoms with Crippen LogP contribution in [0.3, 0.4) is 0 Å². The van der Waals surface area contributed by atoms with Gasteiger partial charge in [-0.3, -0.25) is 4.79 Å². The third-order valence-electron chi connectivity index (χ3n) is 3.13. The summed E-state index contributed by atoms with van der Waals surface area (Å²) in [6.07, 6.45) is 0. The summed E-state index contributed by atoms with van der Waals surface area (Å²) < 4.78 is 0. The number of carbonyl (C=O) groups excluding carboxylic acids is 1. The van der Waals surface area contributed by atoms with Crippen molar-refractivity contribution in [3.05, 3.63) is 40.8 Å². The second-order valence-corrected chi connectivity index (χ2v) is 5.78. The molecule has 0 aliphatic rings. The van der Waals surface area contributed by atoms with Crippen molar-refractivity contribution in [3.8, 4) is 0 Å². The Kier molecular flexibility index (Phi) is 5.16. The van der Waals surface area contributed by atoms with Crippen LogP contribution in [-0.2, 0) is 0 Å². The summed E-state index contributed by atoms with van der Waals surface area (Å²) in [4.78, 5) is 16.8. The molecule has 0 saturated carbocycles. The van der Waals surface area contributed by atoms with Gasteiger partial charge in [0.15, 0.2) is 5.13 Å². The van der Waals surface area contributed by atoms with Gasteiger partial charge in [0, 0.05) is 13.1 Å². The van der Waals surface area contributed by atoms with E-state index in [1.807, 2.05) is 25.1 Å². The predicted octanol–water partition coefficient (Wildman–Crippen LogP) is 2.69. The lowest BCUT2D eigenvalue weighted by molar-refractivity contribution is 0.0956. The average Bonchev–Trinajstić information content (AvgIpc) is 2.86. The average molecular weight is 304 g/mol. The van der Waals surface area contributed by atoms with Gasteiger partial charge in [-0.1, -0.05) is 48.6 Å². The Hall–Kier alpha value is -2.08. The quantitative estimate of drug-likeness (QED) is 0.766. The molecule has 0 bridgehead atoms. The van der Waals surface area contributed by atoms with Crippen molar-refractivity contribution in [3.63, 3.8) is 0 Å². The van der Waals surface area contributed by atoms with E-state index in [2.05, 4.69) is 34.7 Å². The van der Waals surface area contributed by atoms with Gasteiger partial charge in [0.25, 0.3) is 5.91 Å². The summed E-state index contributed by atoms with van der Waals surface area (Å²) in [5.74, 6) is 0.357. The summed E-state index contributed by atoms with van der Waals surface area (Å²) in [6, 6.07) is 10.1. The van der Waals surface area contributed by atoms with Gasteiger partial charge in [-0.15, -0.1) is 0 Å². The minimum atomic E-state index is -0.170. The van der Waals surface area contributed by atoms with Gasteiger partial charge in [-0.2, -0.15) is 0 Å². The molecule has 0 spiro atoms. The number of carbonyl (C=O) groups is 1. The minimum absolute atomic E-state index is 0.170. The van der Waals surface area contributed by atoms with Crippen LogP contribution in [-0.4, -0.2) is 24.0 Å². The number of anilines is 2. The predicted molar refractivity (Wildman–Crippen MR) is 87.9 cm³/mol. The van der Waals surface area contributed by atoms with Crippen LogP contribution in [0.5, 0.6) is 0 Å². The molecule has 1 heterocycles. The van der Waals surface area contributed by atoms with Gasteiger partial charge in [0.2, 0.25) is 0 Å². The third kappa shape index (κ3) is 3.95. The Bertz CT molecular complexity index is 597. The second kappa shape index (κ2) is 7.08. The Labute approximate surface area is 128 Å². The number of aromatic nitrogens is 1. The number of nitrogens with two attached hydrogens (primary N) is 1. The molecule has 0 aliphatic heterocycles. The van der Waals surface area contributed by atoms with E-state index in [-0.39, 0.29) is 17.6 Å². The molecule has 0 saturated heterocycles. The summed E-state index contributed by atoms with van der Waals surface area (Å²) in [5, 5.41) is 6.66. The maximum atomic E-state index is 12.2. The van der Waals surface area contributed by atoms with E-state index >= 15 is 0 Å². The molecule has 1 unspecified atom stereocenters. The first kappa shape index (κ1) is 15.3. The van der Waals surface area contributed by atoms with Gasteiger partial charge < -0.3 is 16.4 Å². The molecule has 1 aromatic carbocycles. The number of hydrogen-bond donors (Lipinski definition) is 3. The van der Waals surface area contributed by atoms with E-state index < -0.39 is 0 Å². The zero-order chi connectivity index (χ0) is 15.2. The molecule has 2 rings (SSSR count). The number of nitrogens with one attached hydrogen (secondary N) is 2. The monoisotopic (exact) mass is 304 g/mol. The Morgan fingerprint density at radius 3 is 2.76 bits per heavy atom. The Balaban J connectivity index is 1.95. The smallest absolute Gasteiger partial charge is 0.265 e. The van der Waals surface area contributed by atoms with Gasteiger partial charge in [-0.25, -0.2) is 4.98 Å². The summed E-state index contributed by atoms with van der Waals surface area (Å²) in [5.41, 5.74) is 6.99. The molecule has 21 heavy (non-hydrogen) atoms. The van der Waals surface area contributed by atoms with Gasteiger partial charge in [-0.05, 0) is 18.4 Å². The molecule has 6 heteroatoms. The normalized spacial score (nSPS) is 11.9. The lowest BCUT2D eigenvalue weighted by atomic mass is 10.0. The van der Waals surface area contributed by atoms with Crippen LogP contribution < -0.4 is 16.4 Å². The van der Waals surface area contributed by atoms with Crippen molar-refractivity contribution in [2.24, 2.45) is 0 Å². The molecular weight excluding hydrogens is 284 g/mol. The molecule has 2 aromatic rings. The van der Waals surface area contributed by atoms with E-state index in [1.165, 1.54) is 16.9 Å². The zero-order valence-corrected chi connectivity index (χ0v) is 13.0. The number of nitrogen functional groups attached to an aromatic ring is 1. The maximum Gasteiger partial charge on any atom is 0.265 e. The van der Waals surface area contributed by atoms with Crippen LogP contribution in [0, 0.1) is 0 Å². The van der Waals surface area contributed by atoms with Gasteiger partial charge in [0.05, 0.1) is 0 Å². The highest BCUT2D eigenvalue weighted by Crippen LogP contribution is 2.24. The highest BCUT2D eigenvalue weighted by molar-refractivity contribution is 7.18. The molecule has 0 radical (unpaired) electrons. The molecule has 5 nitrogen and oxygen atoms in total. The van der Waals surface area contributed by atoms with E-state index in [4.69, 9.17) is 5.73 Å². The van der Waals surface area contributed by atoms with Crippen molar-refractivity contribution in [1.82, 2.24) is 10.3 Å². The van der Waals surface area contributed by atoms with Crippen LogP contribution in [0.25, 0.3) is 0 Å². The van der Waals surface area contributed by atoms with Crippen molar-refractivity contribution in [2.75, 3.05) is 24.1 Å². The van der Waals surface area contributed by atoms with E-state index in [9.17, 15) is 4.79 Å². The van der Waals surface area contributed by atoms with Gasteiger partial charge in [0.1, 0.15) is 10.7 Å². The van der Waals surface area contributed by atoms with E-state index in [0.717, 1.165) is 6.54 Å². The van der Waals surface area contributed by atoms with Crippen molar-refractivity contribution in [2.45, 2.75) is 19.8 Å². The van der Waals surface area contributed by atoms with E-state index in [1.54, 1.807) is 0 Å². The van der Waals surface area contributed by atoms with Crippen LogP contribution in [0.15, 0.2) is 30.3 Å². The topological polar surface area (TPSA) is 80.0 Å². The Morgan fingerprint density at radius 2 is 2.10 bits per heavy atom. The molecule has 1 atom stereocenters. The summed E-state index contributed by atoms with van der Waals surface area (Å²) in [7, 11) is 0. The summed E-state index contributed by atoms with van der Waals surface area (Å²) >= 11 is 1.28. The van der Waals surface area contributed by atoms with E-state index in [0.29, 0.717) is 16.6 Å². The first-order valence-corrected chi connectivity index (χ1v) is 7.76. The fraction of sp³-hybridized carbons (Fsp3) is 0.333. The molecule has 1 aromatic heterocycles. The third-order valence-corrected chi connectivity index (χ3v) is 4.15.